The molecule has 0 saturated carbocycles. The molecule has 82 valence electrons. The van der Waals surface area contributed by atoms with Gasteiger partial charge in [-0.15, -0.1) is 0 Å². The fraction of sp³-hybridized carbons (Fsp3) is 0.900. The molecule has 1 unspecified atom stereocenters. The summed E-state index contributed by atoms with van der Waals surface area (Å²) in [5.41, 5.74) is -0.284. The third-order valence-corrected chi connectivity index (χ3v) is 2.96. The van der Waals surface area contributed by atoms with E-state index in [0.717, 1.165) is 11.9 Å². The van der Waals surface area contributed by atoms with Crippen molar-refractivity contribution in [3.05, 3.63) is 0 Å². The predicted octanol–water partition coefficient (Wildman–Crippen LogP) is 1.65. The highest BCUT2D eigenvalue weighted by Gasteiger charge is 2.30. The third-order valence-electron chi connectivity index (χ3n) is 2.24. The molecule has 14 heavy (non-hydrogen) atoms. The van der Waals surface area contributed by atoms with Crippen LogP contribution in [0.3, 0.4) is 0 Å². The van der Waals surface area contributed by atoms with Crippen LogP contribution in [0.1, 0.15) is 20.8 Å². The molecule has 1 aliphatic heterocycles. The van der Waals surface area contributed by atoms with Crippen molar-refractivity contribution in [2.75, 3.05) is 25.0 Å². The van der Waals surface area contributed by atoms with Gasteiger partial charge in [0.2, 0.25) is 5.91 Å². The topological polar surface area (TPSA) is 29.5 Å². The standard InChI is InChI=1S/C10H18BrNO2/c1-10(2,3)9(13)12-4-5-14-8(6-11)7-12/h8H,4-7H2,1-3H3. The van der Waals surface area contributed by atoms with Gasteiger partial charge in [0.15, 0.2) is 0 Å². The van der Waals surface area contributed by atoms with E-state index in [-0.39, 0.29) is 17.4 Å². The number of morpholine rings is 1. The van der Waals surface area contributed by atoms with Gasteiger partial charge in [0, 0.05) is 23.8 Å². The van der Waals surface area contributed by atoms with Gasteiger partial charge in [0.05, 0.1) is 12.7 Å². The molecular formula is C10H18BrNO2. The van der Waals surface area contributed by atoms with E-state index in [1.54, 1.807) is 0 Å². The zero-order chi connectivity index (χ0) is 10.8. The molecule has 0 spiro atoms. The zero-order valence-corrected chi connectivity index (χ0v) is 10.6. The molecule has 0 aromatic heterocycles. The van der Waals surface area contributed by atoms with E-state index >= 15 is 0 Å². The van der Waals surface area contributed by atoms with Crippen molar-refractivity contribution >= 4 is 21.8 Å². The van der Waals surface area contributed by atoms with Crippen LogP contribution in [-0.2, 0) is 9.53 Å². The van der Waals surface area contributed by atoms with Crippen LogP contribution in [-0.4, -0.2) is 41.9 Å². The van der Waals surface area contributed by atoms with Crippen molar-refractivity contribution in [2.45, 2.75) is 26.9 Å². The van der Waals surface area contributed by atoms with E-state index in [9.17, 15) is 4.79 Å². The smallest absolute Gasteiger partial charge is 0.228 e. The average Bonchev–Trinajstić information content (AvgIpc) is 2.15. The molecule has 1 saturated heterocycles. The Morgan fingerprint density at radius 2 is 2.21 bits per heavy atom. The lowest BCUT2D eigenvalue weighted by Gasteiger charge is -2.35. The Labute approximate surface area is 93.9 Å². The summed E-state index contributed by atoms with van der Waals surface area (Å²) in [5, 5.41) is 0.793. The number of halogens is 1. The summed E-state index contributed by atoms with van der Waals surface area (Å²) < 4.78 is 5.48. The molecule has 1 amide bonds. The number of hydrogen-bond donors (Lipinski definition) is 0. The summed E-state index contributed by atoms with van der Waals surface area (Å²) in [6, 6.07) is 0. The summed E-state index contributed by atoms with van der Waals surface area (Å²) in [5.74, 6) is 0.215. The van der Waals surface area contributed by atoms with Crippen LogP contribution in [0, 0.1) is 5.41 Å². The number of nitrogens with zero attached hydrogens (tertiary/aromatic N) is 1. The predicted molar refractivity (Wildman–Crippen MR) is 59.6 cm³/mol. The maximum Gasteiger partial charge on any atom is 0.228 e. The van der Waals surface area contributed by atoms with E-state index < -0.39 is 0 Å². The van der Waals surface area contributed by atoms with E-state index in [2.05, 4.69) is 15.9 Å². The molecule has 0 radical (unpaired) electrons. The maximum atomic E-state index is 11.9. The van der Waals surface area contributed by atoms with E-state index in [4.69, 9.17) is 4.74 Å². The third kappa shape index (κ3) is 2.95. The molecule has 0 aromatic carbocycles. The largest absolute Gasteiger partial charge is 0.374 e. The van der Waals surface area contributed by atoms with Gasteiger partial charge in [-0.3, -0.25) is 4.79 Å². The number of ether oxygens (including phenoxy) is 1. The Balaban J connectivity index is 2.56. The van der Waals surface area contributed by atoms with E-state index in [0.29, 0.717) is 13.2 Å². The van der Waals surface area contributed by atoms with Gasteiger partial charge in [0.1, 0.15) is 0 Å². The minimum absolute atomic E-state index is 0.148. The molecule has 0 bridgehead atoms. The van der Waals surface area contributed by atoms with Gasteiger partial charge >= 0.3 is 0 Å². The number of carbonyl (C=O) groups is 1. The molecule has 0 N–H and O–H groups in total. The molecule has 1 heterocycles. The van der Waals surface area contributed by atoms with Crippen LogP contribution in [0.4, 0.5) is 0 Å². The zero-order valence-electron chi connectivity index (χ0n) is 9.05. The van der Waals surface area contributed by atoms with Crippen LogP contribution < -0.4 is 0 Å². The summed E-state index contributed by atoms with van der Waals surface area (Å²) in [6.45, 7) is 7.94. The number of amides is 1. The van der Waals surface area contributed by atoms with Crippen LogP contribution in [0.5, 0.6) is 0 Å². The van der Waals surface area contributed by atoms with E-state index in [1.165, 1.54) is 0 Å². The highest BCUT2D eigenvalue weighted by Crippen LogP contribution is 2.19. The Hall–Kier alpha value is -0.0900. The van der Waals surface area contributed by atoms with Crippen molar-refractivity contribution in [1.29, 1.82) is 0 Å². The van der Waals surface area contributed by atoms with Crippen molar-refractivity contribution in [3.63, 3.8) is 0 Å². The van der Waals surface area contributed by atoms with Gasteiger partial charge < -0.3 is 9.64 Å². The minimum Gasteiger partial charge on any atom is -0.374 e. The molecule has 1 aliphatic rings. The number of alkyl halides is 1. The van der Waals surface area contributed by atoms with Gasteiger partial charge in [-0.1, -0.05) is 36.7 Å². The molecule has 1 fully saturated rings. The normalized spacial score (nSPS) is 23.7. The summed E-state index contributed by atoms with van der Waals surface area (Å²) >= 11 is 3.38. The Morgan fingerprint density at radius 1 is 1.57 bits per heavy atom. The second-order valence-corrected chi connectivity index (χ2v) is 5.30. The number of carbonyl (C=O) groups excluding carboxylic acids is 1. The van der Waals surface area contributed by atoms with E-state index in [1.807, 2.05) is 25.7 Å². The lowest BCUT2D eigenvalue weighted by atomic mass is 9.94. The number of hydrogen-bond acceptors (Lipinski definition) is 2. The second kappa shape index (κ2) is 4.62. The molecule has 0 aromatic rings. The van der Waals surface area contributed by atoms with Crippen molar-refractivity contribution in [3.8, 4) is 0 Å². The molecule has 1 rings (SSSR count). The Bertz CT molecular complexity index is 213. The van der Waals surface area contributed by atoms with Gasteiger partial charge in [-0.05, 0) is 0 Å². The minimum atomic E-state index is -0.284. The molecule has 0 aliphatic carbocycles. The van der Waals surface area contributed by atoms with Crippen LogP contribution in [0.2, 0.25) is 0 Å². The van der Waals surface area contributed by atoms with Gasteiger partial charge in [-0.25, -0.2) is 0 Å². The van der Waals surface area contributed by atoms with Gasteiger partial charge in [0.25, 0.3) is 0 Å². The highest BCUT2D eigenvalue weighted by atomic mass is 79.9. The molecular weight excluding hydrogens is 246 g/mol. The lowest BCUT2D eigenvalue weighted by Crippen LogP contribution is -2.49. The highest BCUT2D eigenvalue weighted by molar-refractivity contribution is 9.09. The van der Waals surface area contributed by atoms with Crippen LogP contribution >= 0.6 is 15.9 Å². The average molecular weight is 264 g/mol. The first-order chi connectivity index (χ1) is 6.45. The SMILES string of the molecule is CC(C)(C)C(=O)N1CCOC(CBr)C1. The molecule has 4 heteroatoms. The first-order valence-electron chi connectivity index (χ1n) is 4.92. The summed E-state index contributed by atoms with van der Waals surface area (Å²) in [6.07, 6.45) is 0.148. The summed E-state index contributed by atoms with van der Waals surface area (Å²) in [7, 11) is 0. The van der Waals surface area contributed by atoms with Crippen molar-refractivity contribution in [2.24, 2.45) is 5.41 Å². The monoisotopic (exact) mass is 263 g/mol. The quantitative estimate of drug-likeness (QED) is 0.674. The Kier molecular flexibility index (Phi) is 3.95. The summed E-state index contributed by atoms with van der Waals surface area (Å²) in [4.78, 5) is 13.8. The second-order valence-electron chi connectivity index (χ2n) is 4.65. The lowest BCUT2D eigenvalue weighted by molar-refractivity contribution is -0.146. The Morgan fingerprint density at radius 3 is 2.71 bits per heavy atom. The molecule has 1 atom stereocenters. The fourth-order valence-corrected chi connectivity index (χ4v) is 1.86. The van der Waals surface area contributed by atoms with Crippen molar-refractivity contribution in [1.82, 2.24) is 4.90 Å². The number of rotatable bonds is 1. The van der Waals surface area contributed by atoms with Gasteiger partial charge in [-0.2, -0.15) is 0 Å². The first-order valence-corrected chi connectivity index (χ1v) is 6.04. The van der Waals surface area contributed by atoms with Crippen molar-refractivity contribution < 1.29 is 9.53 Å². The van der Waals surface area contributed by atoms with Crippen LogP contribution in [0.25, 0.3) is 0 Å². The fourth-order valence-electron chi connectivity index (χ4n) is 1.47. The maximum absolute atomic E-state index is 11.9. The van der Waals surface area contributed by atoms with Crippen LogP contribution in [0.15, 0.2) is 0 Å². The molecule has 3 nitrogen and oxygen atoms in total. The first kappa shape index (κ1) is 12.0.